The SMILES string of the molecule is [SiH3]N[SiH2]C1=CC2CCC1C2. The first-order valence-electron chi connectivity index (χ1n) is 4.25. The van der Waals surface area contributed by atoms with Crippen molar-refractivity contribution in [2.75, 3.05) is 0 Å². The summed E-state index contributed by atoms with van der Waals surface area (Å²) in [6.45, 7) is 0. The molecular formula is C7H15NSi2. The van der Waals surface area contributed by atoms with Crippen molar-refractivity contribution >= 4 is 20.1 Å². The molecule has 0 radical (unpaired) electrons. The molecule has 2 rings (SSSR count). The Balaban J connectivity index is 2.03. The monoisotopic (exact) mass is 169 g/mol. The van der Waals surface area contributed by atoms with E-state index in [0.29, 0.717) is 0 Å². The van der Waals surface area contributed by atoms with Gasteiger partial charge in [-0.2, -0.15) is 0 Å². The maximum atomic E-state index is 3.50. The Morgan fingerprint density at radius 3 is 3.00 bits per heavy atom. The van der Waals surface area contributed by atoms with Crippen molar-refractivity contribution in [3.63, 3.8) is 0 Å². The molecule has 2 aliphatic rings. The Bertz CT molecular complexity index is 167. The molecule has 1 N–H and O–H groups in total. The van der Waals surface area contributed by atoms with Crippen LogP contribution in [0, 0.1) is 11.8 Å². The highest BCUT2D eigenvalue weighted by atomic mass is 28.3. The topological polar surface area (TPSA) is 12.0 Å². The van der Waals surface area contributed by atoms with E-state index in [1.165, 1.54) is 29.7 Å². The highest BCUT2D eigenvalue weighted by Gasteiger charge is 2.31. The van der Waals surface area contributed by atoms with Gasteiger partial charge < -0.3 is 4.65 Å². The molecule has 3 heteroatoms. The maximum Gasteiger partial charge on any atom is 0.112 e. The second-order valence-electron chi connectivity index (χ2n) is 3.54. The summed E-state index contributed by atoms with van der Waals surface area (Å²) in [5.41, 5.74) is 0. The van der Waals surface area contributed by atoms with Crippen LogP contribution in [0.15, 0.2) is 11.3 Å². The molecule has 0 aliphatic heterocycles. The van der Waals surface area contributed by atoms with Gasteiger partial charge in [0.1, 0.15) is 9.68 Å². The third kappa shape index (κ3) is 1.02. The summed E-state index contributed by atoms with van der Waals surface area (Å²) in [4.78, 5) is 0. The highest BCUT2D eigenvalue weighted by Crippen LogP contribution is 2.42. The zero-order valence-electron chi connectivity index (χ0n) is 6.56. The molecule has 0 saturated heterocycles. The van der Waals surface area contributed by atoms with Crippen molar-refractivity contribution in [3.8, 4) is 0 Å². The lowest BCUT2D eigenvalue weighted by atomic mass is 10.1. The molecule has 0 aromatic rings. The molecule has 2 atom stereocenters. The summed E-state index contributed by atoms with van der Waals surface area (Å²) in [5, 5.41) is 1.85. The third-order valence-electron chi connectivity index (χ3n) is 2.83. The van der Waals surface area contributed by atoms with Gasteiger partial charge in [-0.3, -0.25) is 0 Å². The average molecular weight is 169 g/mol. The van der Waals surface area contributed by atoms with Crippen LogP contribution in [0.5, 0.6) is 0 Å². The van der Waals surface area contributed by atoms with E-state index in [-0.39, 0.29) is 9.68 Å². The Morgan fingerprint density at radius 1 is 1.60 bits per heavy atom. The summed E-state index contributed by atoms with van der Waals surface area (Å²) < 4.78 is 3.50. The van der Waals surface area contributed by atoms with E-state index in [9.17, 15) is 0 Å². The van der Waals surface area contributed by atoms with E-state index >= 15 is 0 Å². The minimum atomic E-state index is 0.0430. The van der Waals surface area contributed by atoms with E-state index in [4.69, 9.17) is 0 Å². The number of hydrogen-bond donors (Lipinski definition) is 1. The van der Waals surface area contributed by atoms with Crippen molar-refractivity contribution < 1.29 is 0 Å². The zero-order valence-corrected chi connectivity index (χ0v) is 9.97. The second kappa shape index (κ2) is 2.64. The van der Waals surface area contributed by atoms with E-state index in [0.717, 1.165) is 11.8 Å². The summed E-state index contributed by atoms with van der Waals surface area (Å²) >= 11 is 0. The molecule has 2 aliphatic carbocycles. The van der Waals surface area contributed by atoms with Crippen LogP contribution in [-0.4, -0.2) is 20.1 Å². The number of fused-ring (bicyclic) bond motifs is 2. The van der Waals surface area contributed by atoms with Gasteiger partial charge in [0.05, 0.1) is 10.4 Å². The van der Waals surface area contributed by atoms with Crippen LogP contribution in [0.2, 0.25) is 0 Å². The third-order valence-corrected chi connectivity index (χ3v) is 5.46. The van der Waals surface area contributed by atoms with Crippen molar-refractivity contribution in [2.24, 2.45) is 11.8 Å². The van der Waals surface area contributed by atoms with Crippen molar-refractivity contribution in [3.05, 3.63) is 11.3 Å². The Labute approximate surface area is 67.7 Å². The van der Waals surface area contributed by atoms with Crippen molar-refractivity contribution in [2.45, 2.75) is 19.3 Å². The largest absolute Gasteiger partial charge is 0.368 e. The summed E-state index contributed by atoms with van der Waals surface area (Å²) in [6, 6.07) is 0. The normalized spacial score (nSPS) is 38.2. The fourth-order valence-electron chi connectivity index (χ4n) is 2.35. The van der Waals surface area contributed by atoms with Gasteiger partial charge >= 0.3 is 0 Å². The van der Waals surface area contributed by atoms with Gasteiger partial charge in [0.25, 0.3) is 0 Å². The van der Waals surface area contributed by atoms with Crippen LogP contribution in [-0.2, 0) is 0 Å². The summed E-state index contributed by atoms with van der Waals surface area (Å²) in [7, 11) is 1.25. The molecule has 1 nitrogen and oxygen atoms in total. The molecule has 0 aromatic heterocycles. The van der Waals surface area contributed by atoms with Crippen molar-refractivity contribution in [1.82, 2.24) is 4.65 Å². The lowest BCUT2D eigenvalue weighted by Gasteiger charge is -2.11. The Morgan fingerprint density at radius 2 is 2.50 bits per heavy atom. The average Bonchev–Trinajstić information content (AvgIpc) is 2.48. The first kappa shape index (κ1) is 6.82. The first-order chi connectivity index (χ1) is 4.90. The fourth-order valence-corrected chi connectivity index (χ4v) is 5.09. The van der Waals surface area contributed by atoms with E-state index < -0.39 is 0 Å². The predicted molar refractivity (Wildman–Crippen MR) is 50.5 cm³/mol. The van der Waals surface area contributed by atoms with Gasteiger partial charge in [-0.1, -0.05) is 11.3 Å². The lowest BCUT2D eigenvalue weighted by molar-refractivity contribution is 0.682. The van der Waals surface area contributed by atoms with Crippen LogP contribution < -0.4 is 4.65 Å². The Kier molecular flexibility index (Phi) is 1.80. The second-order valence-corrected chi connectivity index (χ2v) is 7.54. The predicted octanol–water partition coefficient (Wildman–Crippen LogP) is -0.746. The van der Waals surface area contributed by atoms with Crippen LogP contribution in [0.25, 0.3) is 0 Å². The lowest BCUT2D eigenvalue weighted by Crippen LogP contribution is -2.20. The van der Waals surface area contributed by atoms with Gasteiger partial charge in [0, 0.05) is 0 Å². The van der Waals surface area contributed by atoms with Crippen molar-refractivity contribution in [1.29, 1.82) is 0 Å². The number of rotatable bonds is 2. The van der Waals surface area contributed by atoms with Gasteiger partial charge in [-0.25, -0.2) is 0 Å². The molecule has 56 valence electrons. The Hall–Kier alpha value is 0.134. The number of allylic oxidation sites excluding steroid dienone is 2. The molecule has 0 amide bonds. The minimum absolute atomic E-state index is 0.0430. The molecular weight excluding hydrogens is 154 g/mol. The number of nitrogens with one attached hydrogen (secondary N) is 1. The quantitative estimate of drug-likeness (QED) is 0.537. The van der Waals surface area contributed by atoms with Crippen LogP contribution in [0.3, 0.4) is 0 Å². The first-order valence-corrected chi connectivity index (χ1v) is 6.66. The zero-order chi connectivity index (χ0) is 6.97. The standard InChI is InChI=1S/C7H15NSi2/c9-8-10-7-4-5-1-2-6(7)3-5/h4-6,8H,1-3,10H2,9H3. The van der Waals surface area contributed by atoms with E-state index in [1.807, 2.05) is 5.20 Å². The number of hydrogen-bond acceptors (Lipinski definition) is 1. The molecule has 1 fully saturated rings. The van der Waals surface area contributed by atoms with Crippen LogP contribution in [0.4, 0.5) is 0 Å². The van der Waals surface area contributed by atoms with Crippen LogP contribution in [0.1, 0.15) is 19.3 Å². The fraction of sp³-hybridized carbons (Fsp3) is 0.714. The van der Waals surface area contributed by atoms with E-state index in [1.54, 1.807) is 0 Å². The van der Waals surface area contributed by atoms with Gasteiger partial charge in [0.15, 0.2) is 0 Å². The summed E-state index contributed by atoms with van der Waals surface area (Å²) in [5.74, 6) is 2.04. The molecule has 0 aromatic carbocycles. The molecule has 0 heterocycles. The van der Waals surface area contributed by atoms with E-state index in [2.05, 4.69) is 10.7 Å². The minimum Gasteiger partial charge on any atom is -0.368 e. The van der Waals surface area contributed by atoms with Gasteiger partial charge in [0.2, 0.25) is 0 Å². The molecule has 10 heavy (non-hydrogen) atoms. The summed E-state index contributed by atoms with van der Waals surface area (Å²) in [6.07, 6.45) is 7.08. The molecule has 1 saturated carbocycles. The maximum absolute atomic E-state index is 3.50. The molecule has 0 spiro atoms. The smallest absolute Gasteiger partial charge is 0.112 e. The van der Waals surface area contributed by atoms with Gasteiger partial charge in [-0.15, -0.1) is 0 Å². The highest BCUT2D eigenvalue weighted by molar-refractivity contribution is 6.49. The van der Waals surface area contributed by atoms with Gasteiger partial charge in [-0.05, 0) is 31.1 Å². The molecule has 2 unspecified atom stereocenters. The molecule has 2 bridgehead atoms. The van der Waals surface area contributed by atoms with Crippen LogP contribution >= 0.6 is 0 Å².